The van der Waals surface area contributed by atoms with Gasteiger partial charge < -0.3 is 9.47 Å². The summed E-state index contributed by atoms with van der Waals surface area (Å²) < 4.78 is 10.8. The minimum absolute atomic E-state index is 0.153. The number of benzene rings is 3. The monoisotopic (exact) mass is 462 g/mol. The number of aryl methyl sites for hydroxylation is 2. The van der Waals surface area contributed by atoms with Crippen LogP contribution in [0, 0.1) is 13.8 Å². The lowest BCUT2D eigenvalue weighted by Crippen LogP contribution is -2.28. The number of amides is 1. The number of para-hydroxylation sites is 2. The van der Waals surface area contributed by atoms with Crippen molar-refractivity contribution < 1.29 is 14.3 Å². The summed E-state index contributed by atoms with van der Waals surface area (Å²) in [5, 5.41) is 1.09. The molecule has 7 heteroatoms. The summed E-state index contributed by atoms with van der Waals surface area (Å²) in [4.78, 5) is 20.6. The van der Waals surface area contributed by atoms with Crippen molar-refractivity contribution in [2.24, 2.45) is 4.99 Å². The highest BCUT2D eigenvalue weighted by Gasteiger charge is 2.35. The lowest BCUT2D eigenvalue weighted by atomic mass is 10.1. The summed E-state index contributed by atoms with van der Waals surface area (Å²) in [6.45, 7) is 4.20. The minimum atomic E-state index is -0.153. The number of thioether (sulfide) groups is 1. The molecule has 0 N–H and O–H groups in total. The van der Waals surface area contributed by atoms with Crippen LogP contribution in [0.5, 0.6) is 11.5 Å². The van der Waals surface area contributed by atoms with E-state index in [4.69, 9.17) is 26.1 Å². The Morgan fingerprint density at radius 1 is 1.00 bits per heavy atom. The van der Waals surface area contributed by atoms with Crippen LogP contribution in [0.3, 0.4) is 0 Å². The number of amidine groups is 1. The molecule has 32 heavy (non-hydrogen) atoms. The van der Waals surface area contributed by atoms with Crippen molar-refractivity contribution in [2.45, 2.75) is 13.8 Å². The lowest BCUT2D eigenvalue weighted by Gasteiger charge is -2.16. The van der Waals surface area contributed by atoms with E-state index in [-0.39, 0.29) is 12.7 Å². The number of ether oxygens (including phenoxy) is 2. The van der Waals surface area contributed by atoms with E-state index >= 15 is 0 Å². The highest BCUT2D eigenvalue weighted by atomic mass is 35.5. The number of anilines is 1. The number of hydrogen-bond donors (Lipinski definition) is 0. The molecule has 0 spiro atoms. The maximum Gasteiger partial charge on any atom is 0.271 e. The van der Waals surface area contributed by atoms with Crippen LogP contribution in [0.15, 0.2) is 70.6 Å². The van der Waals surface area contributed by atoms with Gasteiger partial charge in [0.15, 0.2) is 16.7 Å². The van der Waals surface area contributed by atoms with E-state index < -0.39 is 0 Å². The molecule has 0 radical (unpaired) electrons. The molecule has 3 aromatic rings. The van der Waals surface area contributed by atoms with Gasteiger partial charge in [0.05, 0.1) is 21.3 Å². The van der Waals surface area contributed by atoms with Gasteiger partial charge in [0, 0.05) is 6.07 Å². The fourth-order valence-electron chi connectivity index (χ4n) is 3.62. The van der Waals surface area contributed by atoms with Crippen LogP contribution in [0.2, 0.25) is 5.02 Å². The predicted octanol–water partition coefficient (Wildman–Crippen LogP) is 6.49. The van der Waals surface area contributed by atoms with Gasteiger partial charge in [-0.3, -0.25) is 9.69 Å². The largest absolute Gasteiger partial charge is 0.454 e. The van der Waals surface area contributed by atoms with Gasteiger partial charge in [0.2, 0.25) is 6.79 Å². The first kappa shape index (κ1) is 20.7. The maximum absolute atomic E-state index is 13.5. The Kier molecular flexibility index (Phi) is 5.41. The van der Waals surface area contributed by atoms with Crippen molar-refractivity contribution >= 4 is 51.9 Å². The SMILES string of the molecule is Cc1cccc(C)c1N=C1S/C(=C/c2cc3c(cc2Cl)OCO3)C(=O)N1c1ccccc1. The van der Waals surface area contributed by atoms with E-state index in [0.29, 0.717) is 32.2 Å². The topological polar surface area (TPSA) is 51.1 Å². The molecule has 160 valence electrons. The molecule has 2 aliphatic rings. The molecule has 1 amide bonds. The van der Waals surface area contributed by atoms with Crippen LogP contribution in [0.25, 0.3) is 6.08 Å². The van der Waals surface area contributed by atoms with Crippen molar-refractivity contribution in [2.75, 3.05) is 11.7 Å². The second kappa shape index (κ2) is 8.37. The van der Waals surface area contributed by atoms with Gasteiger partial charge in [-0.2, -0.15) is 0 Å². The van der Waals surface area contributed by atoms with Crippen LogP contribution in [-0.4, -0.2) is 17.9 Å². The van der Waals surface area contributed by atoms with Crippen LogP contribution < -0.4 is 14.4 Å². The van der Waals surface area contributed by atoms with E-state index in [1.165, 1.54) is 11.8 Å². The number of halogens is 1. The first-order valence-corrected chi connectivity index (χ1v) is 11.2. The van der Waals surface area contributed by atoms with E-state index in [1.54, 1.807) is 23.1 Å². The Bertz CT molecular complexity index is 1270. The average molecular weight is 463 g/mol. The Balaban J connectivity index is 1.61. The lowest BCUT2D eigenvalue weighted by molar-refractivity contribution is -0.113. The molecular formula is C25H19ClN2O3S. The number of aliphatic imine (C=N–C) groups is 1. The number of hydrogen-bond acceptors (Lipinski definition) is 5. The summed E-state index contributed by atoms with van der Waals surface area (Å²) in [7, 11) is 0. The standard InChI is InChI=1S/C25H19ClN2O3S/c1-15-7-6-8-16(2)23(15)27-25-28(18-9-4-3-5-10-18)24(29)22(32-25)12-17-11-20-21(13-19(17)26)31-14-30-20/h3-13H,14H2,1-2H3/b22-12+,27-25?. The van der Waals surface area contributed by atoms with Crippen LogP contribution in [-0.2, 0) is 4.79 Å². The third kappa shape index (κ3) is 3.76. The van der Waals surface area contributed by atoms with Crippen molar-refractivity contribution in [3.05, 3.63) is 87.3 Å². The molecule has 1 fully saturated rings. The zero-order chi connectivity index (χ0) is 22.2. The summed E-state index contributed by atoms with van der Waals surface area (Å²) >= 11 is 7.78. The number of rotatable bonds is 3. The normalized spacial score (nSPS) is 17.6. The zero-order valence-electron chi connectivity index (χ0n) is 17.5. The molecule has 0 aromatic heterocycles. The fourth-order valence-corrected chi connectivity index (χ4v) is 4.80. The highest BCUT2D eigenvalue weighted by molar-refractivity contribution is 8.19. The number of nitrogens with zero attached hydrogens (tertiary/aromatic N) is 2. The molecule has 2 heterocycles. The van der Waals surface area contributed by atoms with E-state index in [0.717, 1.165) is 22.5 Å². The second-order valence-corrected chi connectivity index (χ2v) is 8.86. The number of fused-ring (bicyclic) bond motifs is 1. The van der Waals surface area contributed by atoms with Gasteiger partial charge in [-0.05, 0) is 66.6 Å². The van der Waals surface area contributed by atoms with Gasteiger partial charge in [0.1, 0.15) is 0 Å². The Hall–Kier alpha value is -3.22. The van der Waals surface area contributed by atoms with Gasteiger partial charge in [-0.1, -0.05) is 48.0 Å². The second-order valence-electron chi connectivity index (χ2n) is 7.45. The zero-order valence-corrected chi connectivity index (χ0v) is 19.0. The third-order valence-corrected chi connectivity index (χ3v) is 6.54. The van der Waals surface area contributed by atoms with Gasteiger partial charge in [-0.25, -0.2) is 4.99 Å². The van der Waals surface area contributed by atoms with Gasteiger partial charge >= 0.3 is 0 Å². The van der Waals surface area contributed by atoms with Crippen molar-refractivity contribution in [3.63, 3.8) is 0 Å². The van der Waals surface area contributed by atoms with Crippen molar-refractivity contribution in [1.29, 1.82) is 0 Å². The molecule has 5 nitrogen and oxygen atoms in total. The van der Waals surface area contributed by atoms with E-state index in [1.807, 2.05) is 62.4 Å². The molecule has 0 bridgehead atoms. The van der Waals surface area contributed by atoms with Crippen molar-refractivity contribution in [1.82, 2.24) is 0 Å². The van der Waals surface area contributed by atoms with Gasteiger partial charge in [0.25, 0.3) is 5.91 Å². The molecule has 1 saturated heterocycles. The quantitative estimate of drug-likeness (QED) is 0.417. The molecule has 2 aliphatic heterocycles. The fraction of sp³-hybridized carbons (Fsp3) is 0.120. The molecule has 5 rings (SSSR count). The Labute approximate surface area is 195 Å². The summed E-state index contributed by atoms with van der Waals surface area (Å²) in [6.07, 6.45) is 1.78. The Morgan fingerprint density at radius 2 is 1.69 bits per heavy atom. The summed E-state index contributed by atoms with van der Waals surface area (Å²) in [5.41, 5.74) is 4.42. The van der Waals surface area contributed by atoms with Crippen LogP contribution in [0.4, 0.5) is 11.4 Å². The Morgan fingerprint density at radius 3 is 2.41 bits per heavy atom. The molecule has 0 atom stereocenters. The molecule has 0 aliphatic carbocycles. The van der Waals surface area contributed by atoms with E-state index in [2.05, 4.69) is 0 Å². The smallest absolute Gasteiger partial charge is 0.271 e. The first-order chi connectivity index (χ1) is 15.5. The summed E-state index contributed by atoms with van der Waals surface area (Å²) in [6, 6.07) is 19.1. The maximum atomic E-state index is 13.5. The van der Waals surface area contributed by atoms with Crippen LogP contribution in [0.1, 0.15) is 16.7 Å². The average Bonchev–Trinajstić information content (AvgIpc) is 3.35. The summed E-state index contributed by atoms with van der Waals surface area (Å²) in [5.74, 6) is 1.06. The number of carbonyl (C=O) groups is 1. The number of carbonyl (C=O) groups excluding carboxylic acids is 1. The third-order valence-electron chi connectivity index (χ3n) is 5.25. The molecule has 3 aromatic carbocycles. The molecular weight excluding hydrogens is 444 g/mol. The molecule has 0 saturated carbocycles. The van der Waals surface area contributed by atoms with Gasteiger partial charge in [-0.15, -0.1) is 0 Å². The highest BCUT2D eigenvalue weighted by Crippen LogP contribution is 2.41. The van der Waals surface area contributed by atoms with E-state index in [9.17, 15) is 4.79 Å². The minimum Gasteiger partial charge on any atom is -0.454 e. The van der Waals surface area contributed by atoms with Crippen LogP contribution >= 0.6 is 23.4 Å². The molecule has 0 unspecified atom stereocenters. The predicted molar refractivity (Wildman–Crippen MR) is 130 cm³/mol. The van der Waals surface area contributed by atoms with Crippen molar-refractivity contribution in [3.8, 4) is 11.5 Å². The first-order valence-electron chi connectivity index (χ1n) is 10.0.